The number of hydrogen-bond acceptors (Lipinski definition) is 4. The number of carboxylic acids is 1. The van der Waals surface area contributed by atoms with Gasteiger partial charge in [0.05, 0.1) is 11.6 Å². The van der Waals surface area contributed by atoms with E-state index in [2.05, 4.69) is 0 Å². The highest BCUT2D eigenvalue weighted by Gasteiger charge is 2.37. The lowest BCUT2D eigenvalue weighted by atomic mass is 9.93. The molecule has 0 unspecified atom stereocenters. The molecule has 33 heavy (non-hydrogen) atoms. The Morgan fingerprint density at radius 3 is 1.91 bits per heavy atom. The Hall–Kier alpha value is -3.65. The predicted molar refractivity (Wildman–Crippen MR) is 114 cm³/mol. The SMILES string of the molecule is N[C@@H](c1ccc(C(F)(F)F)cc1)[C@H](C(=O)O)C(=O)OCC1c2ccccc2-c2ccccc21. The van der Waals surface area contributed by atoms with Crippen LogP contribution in [-0.4, -0.2) is 23.7 Å². The molecule has 0 saturated carbocycles. The van der Waals surface area contributed by atoms with E-state index in [0.29, 0.717) is 0 Å². The standard InChI is InChI=1S/C25H20F3NO4/c26-25(27,28)15-11-9-14(10-12-15)22(29)21(23(30)31)24(32)33-13-20-18-7-3-1-5-16(18)17-6-2-4-8-19(17)20/h1-12,20-22H,13,29H2,(H,30,31)/t21-,22+/m1/s1. The molecule has 3 aromatic rings. The molecule has 3 aromatic carbocycles. The topological polar surface area (TPSA) is 89.6 Å². The van der Waals surface area contributed by atoms with Crippen molar-refractivity contribution in [1.29, 1.82) is 0 Å². The summed E-state index contributed by atoms with van der Waals surface area (Å²) in [6, 6.07) is 17.7. The third-order valence-corrected chi connectivity index (χ3v) is 5.86. The van der Waals surface area contributed by atoms with Gasteiger partial charge in [0, 0.05) is 5.92 Å². The van der Waals surface area contributed by atoms with E-state index in [4.69, 9.17) is 10.5 Å². The first kappa shape index (κ1) is 22.5. The summed E-state index contributed by atoms with van der Waals surface area (Å²) >= 11 is 0. The van der Waals surface area contributed by atoms with Gasteiger partial charge in [0.1, 0.15) is 6.61 Å². The van der Waals surface area contributed by atoms with E-state index in [0.717, 1.165) is 46.5 Å². The fourth-order valence-corrected chi connectivity index (χ4v) is 4.18. The highest BCUT2D eigenvalue weighted by Crippen LogP contribution is 2.44. The molecule has 0 spiro atoms. The number of halogens is 3. The van der Waals surface area contributed by atoms with Crippen molar-refractivity contribution in [2.75, 3.05) is 6.61 Å². The minimum atomic E-state index is -4.54. The number of nitrogens with two attached hydrogens (primary N) is 1. The molecule has 1 aliphatic rings. The zero-order chi connectivity index (χ0) is 23.8. The maximum Gasteiger partial charge on any atom is 0.416 e. The first-order valence-electron chi connectivity index (χ1n) is 10.2. The fraction of sp³-hybridized carbons (Fsp3) is 0.200. The number of fused-ring (bicyclic) bond motifs is 3. The zero-order valence-electron chi connectivity index (χ0n) is 17.3. The third kappa shape index (κ3) is 4.34. The van der Waals surface area contributed by atoms with Crippen molar-refractivity contribution in [2.45, 2.75) is 18.1 Å². The van der Waals surface area contributed by atoms with Crippen LogP contribution in [0, 0.1) is 5.92 Å². The number of rotatable bonds is 6. The number of aliphatic carboxylic acids is 1. The molecule has 5 nitrogen and oxygen atoms in total. The van der Waals surface area contributed by atoms with E-state index in [1.165, 1.54) is 0 Å². The van der Waals surface area contributed by atoms with Gasteiger partial charge < -0.3 is 15.6 Å². The molecular weight excluding hydrogens is 435 g/mol. The van der Waals surface area contributed by atoms with Gasteiger partial charge in [-0.2, -0.15) is 13.2 Å². The average Bonchev–Trinajstić information content (AvgIpc) is 3.11. The van der Waals surface area contributed by atoms with Crippen molar-refractivity contribution in [2.24, 2.45) is 11.7 Å². The van der Waals surface area contributed by atoms with Gasteiger partial charge in [0.15, 0.2) is 5.92 Å². The molecule has 0 aromatic heterocycles. The number of carbonyl (C=O) groups is 2. The lowest BCUT2D eigenvalue weighted by molar-refractivity contribution is -0.160. The van der Waals surface area contributed by atoms with Gasteiger partial charge >= 0.3 is 18.1 Å². The second kappa shape index (κ2) is 8.71. The van der Waals surface area contributed by atoms with E-state index < -0.39 is 35.6 Å². The Morgan fingerprint density at radius 2 is 1.42 bits per heavy atom. The van der Waals surface area contributed by atoms with Crippen molar-refractivity contribution in [3.8, 4) is 11.1 Å². The van der Waals surface area contributed by atoms with E-state index >= 15 is 0 Å². The molecule has 3 N–H and O–H groups in total. The van der Waals surface area contributed by atoms with Gasteiger partial charge in [-0.3, -0.25) is 9.59 Å². The van der Waals surface area contributed by atoms with E-state index in [1.54, 1.807) is 0 Å². The molecule has 4 rings (SSSR count). The number of carboxylic acid groups (broad SMARTS) is 1. The number of alkyl halides is 3. The van der Waals surface area contributed by atoms with Crippen LogP contribution in [0.2, 0.25) is 0 Å². The predicted octanol–water partition coefficient (Wildman–Crippen LogP) is 4.76. The molecule has 2 atom stereocenters. The van der Waals surface area contributed by atoms with Crippen molar-refractivity contribution in [3.05, 3.63) is 95.1 Å². The normalized spacial score (nSPS) is 14.8. The molecule has 8 heteroatoms. The Morgan fingerprint density at radius 1 is 0.909 bits per heavy atom. The number of benzene rings is 3. The maximum atomic E-state index is 12.8. The molecule has 0 aliphatic heterocycles. The molecule has 0 heterocycles. The summed E-state index contributed by atoms with van der Waals surface area (Å²) in [7, 11) is 0. The van der Waals surface area contributed by atoms with Crippen molar-refractivity contribution >= 4 is 11.9 Å². The molecule has 1 aliphatic carbocycles. The van der Waals surface area contributed by atoms with E-state index in [9.17, 15) is 27.9 Å². The number of hydrogen-bond donors (Lipinski definition) is 2. The summed E-state index contributed by atoms with van der Waals surface area (Å²) < 4.78 is 43.8. The maximum absolute atomic E-state index is 12.8. The summed E-state index contributed by atoms with van der Waals surface area (Å²) in [5, 5.41) is 9.61. The molecule has 170 valence electrons. The Labute approximate surface area is 187 Å². The van der Waals surface area contributed by atoms with Crippen molar-refractivity contribution in [3.63, 3.8) is 0 Å². The minimum Gasteiger partial charge on any atom is -0.481 e. The second-order valence-corrected chi connectivity index (χ2v) is 7.82. The molecule has 0 amide bonds. The molecule has 0 saturated heterocycles. The summed E-state index contributed by atoms with van der Waals surface area (Å²) in [5.41, 5.74) is 9.13. The largest absolute Gasteiger partial charge is 0.481 e. The quantitative estimate of drug-likeness (QED) is 0.413. The van der Waals surface area contributed by atoms with Crippen molar-refractivity contribution in [1.82, 2.24) is 0 Å². The molecular formula is C25H20F3NO4. The van der Waals surface area contributed by atoms with Crippen LogP contribution < -0.4 is 5.73 Å². The van der Waals surface area contributed by atoms with E-state index in [1.807, 2.05) is 48.5 Å². The van der Waals surface area contributed by atoms with Gasteiger partial charge in [-0.15, -0.1) is 0 Å². The van der Waals surface area contributed by atoms with E-state index in [-0.39, 0.29) is 18.1 Å². The van der Waals surface area contributed by atoms with Gasteiger partial charge in [-0.25, -0.2) is 0 Å². The first-order chi connectivity index (χ1) is 15.7. The summed E-state index contributed by atoms with van der Waals surface area (Å²) in [6.45, 7) is -0.0869. The van der Waals surface area contributed by atoms with Crippen LogP contribution in [0.5, 0.6) is 0 Å². The summed E-state index contributed by atoms with van der Waals surface area (Å²) in [5.74, 6) is -4.59. The number of ether oxygens (including phenoxy) is 1. The minimum absolute atomic E-state index is 0.0869. The van der Waals surface area contributed by atoms with Gasteiger partial charge in [-0.1, -0.05) is 60.7 Å². The highest BCUT2D eigenvalue weighted by molar-refractivity contribution is 5.95. The molecule has 0 fully saturated rings. The average molecular weight is 455 g/mol. The van der Waals surface area contributed by atoms with Gasteiger partial charge in [0.25, 0.3) is 0 Å². The zero-order valence-corrected chi connectivity index (χ0v) is 17.3. The summed E-state index contributed by atoms with van der Waals surface area (Å²) in [6.07, 6.45) is -4.54. The van der Waals surface area contributed by atoms with Gasteiger partial charge in [-0.05, 0) is 39.9 Å². The number of carbonyl (C=O) groups excluding carboxylic acids is 1. The van der Waals surface area contributed by atoms with Crippen LogP contribution in [0.3, 0.4) is 0 Å². The third-order valence-electron chi connectivity index (χ3n) is 5.86. The Balaban J connectivity index is 1.52. The van der Waals surface area contributed by atoms with Crippen LogP contribution in [-0.2, 0) is 20.5 Å². The van der Waals surface area contributed by atoms with Gasteiger partial charge in [0.2, 0.25) is 0 Å². The monoisotopic (exact) mass is 455 g/mol. The Kier molecular flexibility index (Phi) is 5.95. The highest BCUT2D eigenvalue weighted by atomic mass is 19.4. The van der Waals surface area contributed by atoms with Crippen molar-refractivity contribution < 1.29 is 32.6 Å². The smallest absolute Gasteiger partial charge is 0.416 e. The molecule has 0 radical (unpaired) electrons. The fourth-order valence-electron chi connectivity index (χ4n) is 4.18. The first-order valence-corrected chi connectivity index (χ1v) is 10.2. The van der Waals surface area contributed by atoms with Crippen LogP contribution in [0.15, 0.2) is 72.8 Å². The lowest BCUT2D eigenvalue weighted by Gasteiger charge is -2.21. The number of esters is 1. The summed E-state index contributed by atoms with van der Waals surface area (Å²) in [4.78, 5) is 24.6. The molecule has 0 bridgehead atoms. The van der Waals surface area contributed by atoms with Crippen LogP contribution in [0.1, 0.15) is 34.2 Å². The lowest BCUT2D eigenvalue weighted by Crippen LogP contribution is -2.36. The second-order valence-electron chi connectivity index (χ2n) is 7.82. The Bertz CT molecular complexity index is 1150. The van der Waals surface area contributed by atoms with Crippen LogP contribution >= 0.6 is 0 Å². The van der Waals surface area contributed by atoms with Crippen LogP contribution in [0.4, 0.5) is 13.2 Å². The van der Waals surface area contributed by atoms with Crippen LogP contribution in [0.25, 0.3) is 11.1 Å².